The number of fused-ring (bicyclic) bond motifs is 2. The van der Waals surface area contributed by atoms with E-state index in [0.717, 1.165) is 25.7 Å². The maximum Gasteiger partial charge on any atom is 0.258 e. The molecule has 2 aliphatic carbocycles. The van der Waals surface area contributed by atoms with Crippen molar-refractivity contribution in [1.29, 1.82) is 0 Å². The van der Waals surface area contributed by atoms with Gasteiger partial charge in [0.1, 0.15) is 5.56 Å². The number of amides is 2. The van der Waals surface area contributed by atoms with Crippen molar-refractivity contribution in [2.24, 2.45) is 23.7 Å². The summed E-state index contributed by atoms with van der Waals surface area (Å²) in [6, 6.07) is 0.129. The molecule has 0 saturated heterocycles. The summed E-state index contributed by atoms with van der Waals surface area (Å²) in [5.41, 5.74) is -0.154. The Kier molecular flexibility index (Phi) is 8.21. The quantitative estimate of drug-likeness (QED) is 0.525. The van der Waals surface area contributed by atoms with Crippen LogP contribution in [-0.2, 0) is 4.79 Å². The van der Waals surface area contributed by atoms with E-state index in [4.69, 9.17) is 4.74 Å². The van der Waals surface area contributed by atoms with E-state index in [2.05, 4.69) is 29.6 Å². The Hall–Kier alpha value is -2.35. The first-order chi connectivity index (χ1) is 15.6. The van der Waals surface area contributed by atoms with Gasteiger partial charge < -0.3 is 20.5 Å². The summed E-state index contributed by atoms with van der Waals surface area (Å²) in [6.07, 6.45) is 10.4. The SMILES string of the molecule is CC(=O)NC(C)(C)/C=C/n1ncc(C(=O)NC2C3CCCC2CC(CO)C3)c1OCC(C)C. The van der Waals surface area contributed by atoms with Gasteiger partial charge in [-0.3, -0.25) is 9.59 Å². The number of carbonyl (C=O) groups is 2. The summed E-state index contributed by atoms with van der Waals surface area (Å²) in [6.45, 7) is 10.0. The van der Waals surface area contributed by atoms with Crippen LogP contribution in [0, 0.1) is 23.7 Å². The Bertz CT molecular complexity index is 847. The van der Waals surface area contributed by atoms with Crippen molar-refractivity contribution in [3.05, 3.63) is 17.8 Å². The fourth-order valence-electron chi connectivity index (χ4n) is 5.24. The molecule has 2 aliphatic rings. The van der Waals surface area contributed by atoms with Gasteiger partial charge in [0.15, 0.2) is 0 Å². The largest absolute Gasteiger partial charge is 0.477 e. The molecule has 8 nitrogen and oxygen atoms in total. The minimum atomic E-state index is -0.571. The highest BCUT2D eigenvalue weighted by Crippen LogP contribution is 2.43. The highest BCUT2D eigenvalue weighted by atomic mass is 16.5. The van der Waals surface area contributed by atoms with Crippen LogP contribution in [0.1, 0.15) is 77.1 Å². The number of nitrogens with one attached hydrogen (secondary N) is 2. The molecule has 1 heterocycles. The number of aliphatic hydroxyl groups is 1. The van der Waals surface area contributed by atoms with Crippen LogP contribution in [0.25, 0.3) is 6.20 Å². The number of aliphatic hydroxyl groups excluding tert-OH is 1. The van der Waals surface area contributed by atoms with Gasteiger partial charge in [-0.25, -0.2) is 4.68 Å². The third kappa shape index (κ3) is 6.59. The van der Waals surface area contributed by atoms with Crippen LogP contribution in [-0.4, -0.2) is 51.5 Å². The Labute approximate surface area is 197 Å². The molecule has 184 valence electrons. The first-order valence-corrected chi connectivity index (χ1v) is 12.2. The van der Waals surface area contributed by atoms with Crippen LogP contribution in [0.15, 0.2) is 12.3 Å². The average molecular weight is 461 g/mol. The molecule has 1 aromatic heterocycles. The fraction of sp³-hybridized carbons (Fsp3) is 0.720. The molecule has 8 heteroatoms. The molecule has 0 spiro atoms. The van der Waals surface area contributed by atoms with E-state index in [9.17, 15) is 14.7 Å². The van der Waals surface area contributed by atoms with Crippen molar-refractivity contribution in [3.63, 3.8) is 0 Å². The lowest BCUT2D eigenvalue weighted by atomic mass is 9.65. The number of hydrogen-bond acceptors (Lipinski definition) is 5. The Morgan fingerprint density at radius 2 is 1.97 bits per heavy atom. The normalized spacial score (nSPS) is 25.3. The van der Waals surface area contributed by atoms with Gasteiger partial charge in [0, 0.05) is 25.8 Å². The van der Waals surface area contributed by atoms with Crippen molar-refractivity contribution < 1.29 is 19.4 Å². The molecular formula is C25H40N4O4. The Morgan fingerprint density at radius 1 is 1.30 bits per heavy atom. The first kappa shape index (κ1) is 25.3. The minimum absolute atomic E-state index is 0.122. The summed E-state index contributed by atoms with van der Waals surface area (Å²) in [7, 11) is 0. The van der Waals surface area contributed by atoms with Crippen LogP contribution < -0.4 is 15.4 Å². The zero-order valence-electron chi connectivity index (χ0n) is 20.6. The van der Waals surface area contributed by atoms with Gasteiger partial charge in [-0.2, -0.15) is 5.10 Å². The van der Waals surface area contributed by atoms with E-state index < -0.39 is 5.54 Å². The van der Waals surface area contributed by atoms with E-state index in [0.29, 0.717) is 35.8 Å². The second kappa shape index (κ2) is 10.7. The van der Waals surface area contributed by atoms with Gasteiger partial charge in [0.05, 0.1) is 18.3 Å². The molecule has 2 bridgehead atoms. The molecule has 2 unspecified atom stereocenters. The van der Waals surface area contributed by atoms with Gasteiger partial charge in [0.2, 0.25) is 11.8 Å². The van der Waals surface area contributed by atoms with Crippen molar-refractivity contribution in [2.75, 3.05) is 13.2 Å². The highest BCUT2D eigenvalue weighted by molar-refractivity contribution is 5.96. The third-order valence-electron chi connectivity index (χ3n) is 6.67. The first-order valence-electron chi connectivity index (χ1n) is 12.2. The van der Waals surface area contributed by atoms with Gasteiger partial charge in [-0.15, -0.1) is 0 Å². The zero-order chi connectivity index (χ0) is 24.2. The van der Waals surface area contributed by atoms with Crippen molar-refractivity contribution >= 4 is 18.0 Å². The van der Waals surface area contributed by atoms with E-state index in [1.165, 1.54) is 13.3 Å². The number of ether oxygens (including phenoxy) is 1. The lowest BCUT2D eigenvalue weighted by Crippen LogP contribution is -2.51. The summed E-state index contributed by atoms with van der Waals surface area (Å²) in [4.78, 5) is 24.8. The number of rotatable bonds is 9. The maximum absolute atomic E-state index is 13.3. The van der Waals surface area contributed by atoms with E-state index in [1.54, 1.807) is 17.1 Å². The van der Waals surface area contributed by atoms with Gasteiger partial charge in [-0.05, 0) is 69.3 Å². The minimum Gasteiger partial charge on any atom is -0.477 e. The number of aromatic nitrogens is 2. The maximum atomic E-state index is 13.3. The van der Waals surface area contributed by atoms with Crippen LogP contribution >= 0.6 is 0 Å². The van der Waals surface area contributed by atoms with E-state index >= 15 is 0 Å². The van der Waals surface area contributed by atoms with Gasteiger partial charge >= 0.3 is 0 Å². The fourth-order valence-corrected chi connectivity index (χ4v) is 5.24. The molecule has 0 aliphatic heterocycles. The van der Waals surface area contributed by atoms with Gasteiger partial charge in [-0.1, -0.05) is 20.3 Å². The van der Waals surface area contributed by atoms with Crippen LogP contribution in [0.3, 0.4) is 0 Å². The monoisotopic (exact) mass is 460 g/mol. The Balaban J connectivity index is 1.80. The molecule has 2 atom stereocenters. The highest BCUT2D eigenvalue weighted by Gasteiger charge is 2.41. The average Bonchev–Trinajstić information content (AvgIpc) is 3.12. The summed E-state index contributed by atoms with van der Waals surface area (Å²) in [5.74, 6) is 1.57. The lowest BCUT2D eigenvalue weighted by Gasteiger charge is -2.45. The molecule has 2 saturated carbocycles. The standard InChI is InChI=1S/C25H40N4O4/c1-16(2)15-33-24-21(13-26-29(24)10-9-25(4,5)28-17(3)31)23(32)27-22-19-7-6-8-20(22)12-18(11-19)14-30/h9-10,13,16,18-20,22,30H,6-8,11-12,14-15H2,1-5H3,(H,27,32)(H,28,31)/b10-9+. The molecule has 2 amide bonds. The molecule has 1 aromatic rings. The second-order valence-corrected chi connectivity index (χ2v) is 10.7. The van der Waals surface area contributed by atoms with Crippen molar-refractivity contribution in [3.8, 4) is 5.88 Å². The van der Waals surface area contributed by atoms with Crippen LogP contribution in [0.5, 0.6) is 5.88 Å². The lowest BCUT2D eigenvalue weighted by molar-refractivity contribution is -0.120. The summed E-state index contributed by atoms with van der Waals surface area (Å²) < 4.78 is 7.58. The van der Waals surface area contributed by atoms with Crippen molar-refractivity contribution in [2.45, 2.75) is 78.3 Å². The Morgan fingerprint density at radius 3 is 2.55 bits per heavy atom. The topological polar surface area (TPSA) is 105 Å². The predicted octanol–water partition coefficient (Wildman–Crippen LogP) is 3.22. The predicted molar refractivity (Wildman–Crippen MR) is 128 cm³/mol. The number of nitrogens with zero attached hydrogens (tertiary/aromatic N) is 2. The van der Waals surface area contributed by atoms with E-state index in [1.807, 2.05) is 19.9 Å². The summed E-state index contributed by atoms with van der Waals surface area (Å²) >= 11 is 0. The van der Waals surface area contributed by atoms with E-state index in [-0.39, 0.29) is 30.4 Å². The number of carbonyl (C=O) groups excluding carboxylic acids is 2. The second-order valence-electron chi connectivity index (χ2n) is 10.7. The molecule has 0 aromatic carbocycles. The van der Waals surface area contributed by atoms with Crippen LogP contribution in [0.2, 0.25) is 0 Å². The zero-order valence-corrected chi connectivity index (χ0v) is 20.6. The summed E-state index contributed by atoms with van der Waals surface area (Å²) in [5, 5.41) is 20.2. The molecule has 2 fully saturated rings. The molecule has 0 radical (unpaired) electrons. The molecule has 3 N–H and O–H groups in total. The van der Waals surface area contributed by atoms with Gasteiger partial charge in [0.25, 0.3) is 5.91 Å². The molecule has 33 heavy (non-hydrogen) atoms. The van der Waals surface area contributed by atoms with Crippen molar-refractivity contribution in [1.82, 2.24) is 20.4 Å². The molecule has 3 rings (SSSR count). The number of hydrogen-bond donors (Lipinski definition) is 3. The molecular weight excluding hydrogens is 420 g/mol. The van der Waals surface area contributed by atoms with Crippen LogP contribution in [0.4, 0.5) is 0 Å². The third-order valence-corrected chi connectivity index (χ3v) is 6.67. The smallest absolute Gasteiger partial charge is 0.258 e.